The maximum absolute atomic E-state index is 14.4. The number of rotatable bonds is 30. The normalized spacial score (nSPS) is 17.8. The maximum atomic E-state index is 14.4. The summed E-state index contributed by atoms with van der Waals surface area (Å²) in [7, 11) is 0. The Bertz CT molecular complexity index is 2680. The number of carbonyl (C=O) groups excluding carboxylic acids is 8. The first kappa shape index (κ1) is 63.1. The van der Waals surface area contributed by atoms with E-state index in [9.17, 15) is 58.5 Å². The van der Waals surface area contributed by atoms with E-state index in [1.807, 2.05) is 0 Å². The number of aliphatic carboxylic acids is 1. The highest BCUT2D eigenvalue weighted by molar-refractivity contribution is 5.98. The monoisotopic (exact) mass is 1130 g/mol. The van der Waals surface area contributed by atoms with Crippen LogP contribution in [-0.4, -0.2) is 184 Å². The van der Waals surface area contributed by atoms with Crippen LogP contribution < -0.4 is 60.6 Å². The first-order chi connectivity index (χ1) is 38.7. The van der Waals surface area contributed by atoms with E-state index in [4.69, 9.17) is 28.7 Å². The van der Waals surface area contributed by atoms with Crippen LogP contribution in [0.2, 0.25) is 0 Å². The quantitative estimate of drug-likeness (QED) is 0.0171. The van der Waals surface area contributed by atoms with E-state index in [1.165, 1.54) is 4.90 Å². The zero-order chi connectivity index (χ0) is 59.0. The number of nitrogens with zero attached hydrogens (tertiary/aromatic N) is 4. The Morgan fingerprint density at radius 3 is 1.58 bits per heavy atom. The van der Waals surface area contributed by atoms with Crippen LogP contribution in [-0.2, 0) is 62.4 Å². The van der Waals surface area contributed by atoms with Crippen LogP contribution in [0.25, 0.3) is 0 Å². The SMILES string of the molecule is NC(N)=NCCC[C@@H](N)C(=O)N[C@@H](CCCN=C(N)N)C(=O)N1CCC[C@H]1C(=O)N1C[C@H](O)C[C@H]1C(=O)NCC(=O)N[C@@H](Cc1ccccc1)C(=O)N[C@@H](CO)C(=O)N[C@H](Cc1ccccc1)C(=O)N[C@@H](Cc1ccccc1)C(=O)O. The Morgan fingerprint density at radius 1 is 0.593 bits per heavy atom. The topological polar surface area (TPSA) is 448 Å². The lowest BCUT2D eigenvalue weighted by Crippen LogP contribution is -2.60. The highest BCUT2D eigenvalue weighted by Gasteiger charge is 2.46. The summed E-state index contributed by atoms with van der Waals surface area (Å²) in [4.78, 5) is 134. The molecule has 0 radical (unpaired) electrons. The lowest BCUT2D eigenvalue weighted by atomic mass is 10.0. The van der Waals surface area contributed by atoms with Gasteiger partial charge in [0.25, 0.3) is 0 Å². The number of nitrogens with two attached hydrogens (primary N) is 5. The van der Waals surface area contributed by atoms with Gasteiger partial charge in [0.15, 0.2) is 11.9 Å². The van der Waals surface area contributed by atoms with Crippen molar-refractivity contribution in [2.75, 3.05) is 39.3 Å². The second kappa shape index (κ2) is 31.8. The number of amides is 8. The van der Waals surface area contributed by atoms with Crippen LogP contribution in [0.4, 0.5) is 0 Å². The number of aliphatic imine (C=N–C) groups is 2. The summed E-state index contributed by atoms with van der Waals surface area (Å²) < 4.78 is 0. The summed E-state index contributed by atoms with van der Waals surface area (Å²) in [5.74, 6) is -7.96. The van der Waals surface area contributed by atoms with E-state index in [0.717, 1.165) is 4.90 Å². The zero-order valence-corrected chi connectivity index (χ0v) is 44.9. The average molecular weight is 1130 g/mol. The predicted molar refractivity (Wildman–Crippen MR) is 296 cm³/mol. The zero-order valence-electron chi connectivity index (χ0n) is 44.9. The Labute approximate surface area is 468 Å². The summed E-state index contributed by atoms with van der Waals surface area (Å²) in [6.07, 6.45) is -0.168. The molecule has 0 aromatic heterocycles. The van der Waals surface area contributed by atoms with E-state index in [0.29, 0.717) is 29.5 Å². The van der Waals surface area contributed by atoms with Gasteiger partial charge in [0.05, 0.1) is 25.3 Å². The molecule has 0 spiro atoms. The predicted octanol–water partition coefficient (Wildman–Crippen LogP) is -4.28. The van der Waals surface area contributed by atoms with Gasteiger partial charge in [-0.25, -0.2) is 4.79 Å². The van der Waals surface area contributed by atoms with Gasteiger partial charge in [0, 0.05) is 51.9 Å². The Morgan fingerprint density at radius 2 is 1.06 bits per heavy atom. The third-order valence-electron chi connectivity index (χ3n) is 13.5. The minimum Gasteiger partial charge on any atom is -0.480 e. The fourth-order valence-corrected chi connectivity index (χ4v) is 9.38. The molecule has 2 fully saturated rings. The molecular weight excluding hydrogens is 1050 g/mol. The number of likely N-dealkylation sites (tertiary alicyclic amines) is 2. The minimum atomic E-state index is -1.68. The minimum absolute atomic E-state index is 0.0639. The van der Waals surface area contributed by atoms with Crippen molar-refractivity contribution in [2.45, 2.75) is 119 Å². The van der Waals surface area contributed by atoms with Gasteiger partial charge in [-0.05, 0) is 55.2 Å². The fourth-order valence-electron chi connectivity index (χ4n) is 9.38. The number of hydrogen-bond donors (Lipinski definition) is 14. The first-order valence-corrected chi connectivity index (χ1v) is 26.6. The van der Waals surface area contributed by atoms with Crippen molar-refractivity contribution in [3.05, 3.63) is 108 Å². The summed E-state index contributed by atoms with van der Waals surface area (Å²) in [6.45, 7) is -1.47. The van der Waals surface area contributed by atoms with Gasteiger partial charge in [0.1, 0.15) is 42.3 Å². The van der Waals surface area contributed by atoms with Crippen molar-refractivity contribution in [3.8, 4) is 0 Å². The highest BCUT2D eigenvalue weighted by atomic mass is 16.4. The van der Waals surface area contributed by atoms with Crippen LogP contribution in [0.1, 0.15) is 61.6 Å². The Hall–Kier alpha value is -8.69. The molecule has 0 unspecified atom stereocenters. The van der Waals surface area contributed by atoms with Crippen LogP contribution in [0.3, 0.4) is 0 Å². The second-order valence-electron chi connectivity index (χ2n) is 19.8. The molecule has 19 N–H and O–H groups in total. The van der Waals surface area contributed by atoms with Crippen molar-refractivity contribution in [3.63, 3.8) is 0 Å². The molecule has 0 saturated carbocycles. The summed E-state index contributed by atoms with van der Waals surface area (Å²) in [5, 5.41) is 46.4. The van der Waals surface area contributed by atoms with E-state index in [1.54, 1.807) is 91.0 Å². The smallest absolute Gasteiger partial charge is 0.326 e. The molecule has 438 valence electrons. The molecule has 27 heteroatoms. The molecule has 27 nitrogen and oxygen atoms in total. The number of hydrogen-bond acceptors (Lipinski definition) is 14. The number of carbonyl (C=O) groups is 9. The third-order valence-corrected chi connectivity index (χ3v) is 13.5. The van der Waals surface area contributed by atoms with Crippen molar-refractivity contribution < 1.29 is 58.5 Å². The van der Waals surface area contributed by atoms with Gasteiger partial charge < -0.3 is 85.7 Å². The summed E-state index contributed by atoms with van der Waals surface area (Å²) in [5.41, 5.74) is 29.7. The van der Waals surface area contributed by atoms with E-state index < -0.39 is 121 Å². The first-order valence-electron chi connectivity index (χ1n) is 26.6. The number of aliphatic hydroxyl groups is 2. The summed E-state index contributed by atoms with van der Waals surface area (Å²) >= 11 is 0. The lowest BCUT2D eigenvalue weighted by Gasteiger charge is -2.33. The molecule has 3 aromatic rings. The van der Waals surface area contributed by atoms with E-state index in [2.05, 4.69) is 41.9 Å². The second-order valence-corrected chi connectivity index (χ2v) is 19.8. The molecule has 0 bridgehead atoms. The van der Waals surface area contributed by atoms with E-state index in [-0.39, 0.29) is 89.5 Å². The largest absolute Gasteiger partial charge is 0.480 e. The maximum Gasteiger partial charge on any atom is 0.326 e. The Balaban J connectivity index is 1.24. The molecule has 8 amide bonds. The molecule has 81 heavy (non-hydrogen) atoms. The van der Waals surface area contributed by atoms with E-state index >= 15 is 0 Å². The van der Waals surface area contributed by atoms with Gasteiger partial charge in [-0.3, -0.25) is 48.3 Å². The number of benzene rings is 3. The number of carboxylic acids is 1. The average Bonchev–Trinajstić information content (AvgIpc) is 4.20. The fraction of sp³-hybridized carbons (Fsp3) is 0.463. The molecule has 2 saturated heterocycles. The van der Waals surface area contributed by atoms with Crippen LogP contribution in [0.5, 0.6) is 0 Å². The highest BCUT2D eigenvalue weighted by Crippen LogP contribution is 2.27. The van der Waals surface area contributed by atoms with Crippen LogP contribution >= 0.6 is 0 Å². The molecule has 2 aliphatic rings. The van der Waals surface area contributed by atoms with Gasteiger partial charge >= 0.3 is 5.97 Å². The van der Waals surface area contributed by atoms with Gasteiger partial charge in [0.2, 0.25) is 47.3 Å². The molecule has 2 aliphatic heterocycles. The third kappa shape index (κ3) is 20.2. The molecule has 2 heterocycles. The van der Waals surface area contributed by atoms with Gasteiger partial charge in [-0.1, -0.05) is 91.0 Å². The number of guanidine groups is 2. The molecular formula is C54H75N15O12. The molecule has 5 rings (SSSR count). The van der Waals surface area contributed by atoms with Crippen LogP contribution in [0, 0.1) is 0 Å². The molecule has 0 aliphatic carbocycles. The van der Waals surface area contributed by atoms with Crippen molar-refractivity contribution in [1.82, 2.24) is 41.7 Å². The molecule has 3 aromatic carbocycles. The molecule has 9 atom stereocenters. The lowest BCUT2D eigenvalue weighted by molar-refractivity contribution is -0.148. The number of nitrogens with one attached hydrogen (secondary N) is 6. The standard InChI is InChI=1S/C54H75N15O12/c55-36(19-10-22-60-53(56)57)45(73)64-37(20-11-23-61-54(58)59)50(78)68-24-12-21-42(68)51(79)69-30-35(71)28-43(69)49(77)62-29-44(72)63-38(25-32-13-4-1-5-14-32)46(74)67-41(31-70)48(76)65-39(26-33-15-6-2-7-16-33)47(75)66-40(52(80)81)27-34-17-8-3-9-18-34/h1-9,13-18,35-43,70-71H,10-12,19-31,55H2,(H,62,77)(H,63,72)(H,64,73)(H,65,76)(H,66,75)(H,67,74)(H,80,81)(H4,56,57,60)(H4,58,59,61)/t35-,36-,37+,38+,39-,40+,41+,42+,43+/m1/s1. The van der Waals surface area contributed by atoms with Gasteiger partial charge in [-0.15, -0.1) is 0 Å². The number of β-amino-alcohol motifs (C(OH)–C–C–N with tert-alkyl or cyclic N) is 1. The summed E-state index contributed by atoms with van der Waals surface area (Å²) in [6, 6.07) is 15.2. The number of aliphatic hydroxyl groups excluding tert-OH is 2. The van der Waals surface area contributed by atoms with Crippen molar-refractivity contribution >= 4 is 65.1 Å². The number of carboxylic acid groups (broad SMARTS) is 1. The Kier molecular flexibility index (Phi) is 24.8. The van der Waals surface area contributed by atoms with Gasteiger partial charge in [-0.2, -0.15) is 0 Å². The van der Waals surface area contributed by atoms with Crippen molar-refractivity contribution in [1.29, 1.82) is 0 Å². The van der Waals surface area contributed by atoms with Crippen LogP contribution in [0.15, 0.2) is 101 Å². The van der Waals surface area contributed by atoms with Crippen molar-refractivity contribution in [2.24, 2.45) is 38.7 Å².